The third-order valence-corrected chi connectivity index (χ3v) is 5.94. The van der Waals surface area contributed by atoms with E-state index in [4.69, 9.17) is 11.6 Å². The number of hydrogen-bond donors (Lipinski definition) is 0. The van der Waals surface area contributed by atoms with Gasteiger partial charge in [0, 0.05) is 29.6 Å². The summed E-state index contributed by atoms with van der Waals surface area (Å²) in [6, 6.07) is 13.3. The van der Waals surface area contributed by atoms with E-state index in [0.29, 0.717) is 10.2 Å². The molecule has 0 bridgehead atoms. The Bertz CT molecular complexity index is 1340. The fourth-order valence-corrected chi connectivity index (χ4v) is 4.03. The second-order valence-electron chi connectivity index (χ2n) is 6.51. The van der Waals surface area contributed by atoms with E-state index in [2.05, 4.69) is 4.98 Å². The molecule has 0 saturated carbocycles. The molecule has 0 spiro atoms. The number of aromatic nitrogens is 4. The highest BCUT2D eigenvalue weighted by molar-refractivity contribution is 7.99. The van der Waals surface area contributed by atoms with Gasteiger partial charge < -0.3 is 4.57 Å². The van der Waals surface area contributed by atoms with Crippen LogP contribution < -0.4 is 11.2 Å². The smallest absolute Gasteiger partial charge is 0.316 e. The van der Waals surface area contributed by atoms with Gasteiger partial charge in [-0.05, 0) is 30.3 Å². The quantitative estimate of drug-likeness (QED) is 0.497. The van der Waals surface area contributed by atoms with Crippen molar-refractivity contribution in [3.63, 3.8) is 0 Å². The summed E-state index contributed by atoms with van der Waals surface area (Å²) < 4.78 is 18.0. The molecule has 4 rings (SSSR count). The number of rotatable bonds is 4. The van der Waals surface area contributed by atoms with Crippen LogP contribution in [0.3, 0.4) is 0 Å². The van der Waals surface area contributed by atoms with Gasteiger partial charge in [-0.3, -0.25) is 13.9 Å². The van der Waals surface area contributed by atoms with E-state index in [1.54, 1.807) is 49.0 Å². The Hall–Kier alpha value is -2.84. The van der Waals surface area contributed by atoms with Crippen molar-refractivity contribution in [3.05, 3.63) is 85.8 Å². The molecule has 0 unspecified atom stereocenters. The Kier molecular flexibility index (Phi) is 5.06. The van der Waals surface area contributed by atoms with E-state index in [9.17, 15) is 14.0 Å². The molecule has 148 valence electrons. The van der Waals surface area contributed by atoms with Crippen LogP contribution in [-0.2, 0) is 20.6 Å². The molecule has 0 aliphatic carbocycles. The molecule has 6 nitrogen and oxygen atoms in total. The zero-order valence-electron chi connectivity index (χ0n) is 15.6. The molecule has 0 N–H and O–H groups in total. The average molecular weight is 431 g/mol. The van der Waals surface area contributed by atoms with E-state index in [0.717, 1.165) is 9.46 Å². The van der Waals surface area contributed by atoms with E-state index in [1.165, 1.54) is 22.4 Å². The van der Waals surface area contributed by atoms with Crippen LogP contribution in [0.5, 0.6) is 0 Å². The van der Waals surface area contributed by atoms with Crippen LogP contribution in [0.2, 0.25) is 5.02 Å². The summed E-state index contributed by atoms with van der Waals surface area (Å²) in [7, 11) is 3.26. The second-order valence-corrected chi connectivity index (χ2v) is 7.98. The van der Waals surface area contributed by atoms with E-state index in [1.807, 2.05) is 12.1 Å². The van der Waals surface area contributed by atoms with Gasteiger partial charge in [-0.15, -0.1) is 0 Å². The first-order valence-electron chi connectivity index (χ1n) is 8.70. The Morgan fingerprint density at radius 2 is 1.72 bits per heavy atom. The third kappa shape index (κ3) is 3.49. The van der Waals surface area contributed by atoms with Crippen LogP contribution >= 0.6 is 23.4 Å². The molecule has 0 radical (unpaired) electrons. The number of halogens is 2. The van der Waals surface area contributed by atoms with Gasteiger partial charge in [0.05, 0.1) is 6.54 Å². The zero-order valence-corrected chi connectivity index (χ0v) is 17.2. The van der Waals surface area contributed by atoms with Crippen molar-refractivity contribution < 1.29 is 4.39 Å². The maximum Gasteiger partial charge on any atom is 0.332 e. The SMILES string of the molecule is Cn1c(Sc2ccc(Cl)cc2)nc2c1c(=O)n(Cc1ccccc1F)c(=O)n2C. The largest absolute Gasteiger partial charge is 0.332 e. The Balaban J connectivity index is 1.85. The fourth-order valence-electron chi connectivity index (χ4n) is 3.06. The first-order valence-corrected chi connectivity index (χ1v) is 9.89. The van der Waals surface area contributed by atoms with Crippen LogP contribution in [0.25, 0.3) is 11.2 Å². The minimum absolute atomic E-state index is 0.154. The molecule has 2 aromatic heterocycles. The van der Waals surface area contributed by atoms with Crippen LogP contribution in [0.15, 0.2) is 68.2 Å². The maximum absolute atomic E-state index is 14.1. The number of nitrogens with zero attached hydrogens (tertiary/aromatic N) is 4. The summed E-state index contributed by atoms with van der Waals surface area (Å²) in [6.45, 7) is -0.154. The van der Waals surface area contributed by atoms with Crippen molar-refractivity contribution in [2.75, 3.05) is 0 Å². The van der Waals surface area contributed by atoms with Crippen molar-refractivity contribution in [2.45, 2.75) is 16.6 Å². The maximum atomic E-state index is 14.1. The summed E-state index contributed by atoms with van der Waals surface area (Å²) in [5.41, 5.74) is -0.233. The van der Waals surface area contributed by atoms with Gasteiger partial charge in [0.2, 0.25) is 0 Å². The second kappa shape index (κ2) is 7.53. The first kappa shape index (κ1) is 19.5. The van der Waals surface area contributed by atoms with Crippen LogP contribution in [0.1, 0.15) is 5.56 Å². The van der Waals surface area contributed by atoms with Gasteiger partial charge in [-0.2, -0.15) is 0 Å². The van der Waals surface area contributed by atoms with Crippen molar-refractivity contribution in [1.82, 2.24) is 18.7 Å². The highest BCUT2D eigenvalue weighted by Gasteiger charge is 2.19. The lowest BCUT2D eigenvalue weighted by molar-refractivity contribution is 0.582. The lowest BCUT2D eigenvalue weighted by atomic mass is 10.2. The first-order chi connectivity index (χ1) is 13.9. The number of hydrogen-bond acceptors (Lipinski definition) is 4. The molecule has 2 aromatic carbocycles. The van der Waals surface area contributed by atoms with Crippen molar-refractivity contribution in [1.29, 1.82) is 0 Å². The predicted octanol–water partition coefficient (Wildman–Crippen LogP) is 3.43. The minimum Gasteiger partial charge on any atom is -0.316 e. The molecule has 4 aromatic rings. The topological polar surface area (TPSA) is 61.8 Å². The molecule has 0 aliphatic heterocycles. The van der Waals surface area contributed by atoms with Gasteiger partial charge in [0.1, 0.15) is 5.82 Å². The molecule has 0 aliphatic rings. The predicted molar refractivity (Wildman–Crippen MR) is 111 cm³/mol. The van der Waals surface area contributed by atoms with E-state index in [-0.39, 0.29) is 23.3 Å². The van der Waals surface area contributed by atoms with Gasteiger partial charge in [0.15, 0.2) is 16.3 Å². The van der Waals surface area contributed by atoms with Crippen molar-refractivity contribution >= 4 is 34.5 Å². The summed E-state index contributed by atoms with van der Waals surface area (Å²) in [4.78, 5) is 31.2. The monoisotopic (exact) mass is 430 g/mol. The molecule has 0 fully saturated rings. The lowest BCUT2D eigenvalue weighted by Gasteiger charge is -2.09. The van der Waals surface area contributed by atoms with Crippen LogP contribution in [-0.4, -0.2) is 18.7 Å². The summed E-state index contributed by atoms with van der Waals surface area (Å²) in [5.74, 6) is -0.467. The van der Waals surface area contributed by atoms with E-state index >= 15 is 0 Å². The molecule has 0 amide bonds. The van der Waals surface area contributed by atoms with Crippen LogP contribution in [0, 0.1) is 5.82 Å². The Morgan fingerprint density at radius 1 is 1.03 bits per heavy atom. The lowest BCUT2D eigenvalue weighted by Crippen LogP contribution is -2.40. The Labute approximate surface area is 174 Å². The standard InChI is InChI=1S/C20H16ClFN4O2S/c1-24-16-17(23-19(24)29-14-9-7-13(21)8-10-14)25(2)20(28)26(18(16)27)11-12-5-3-4-6-15(12)22/h3-10H,11H2,1-2H3. The number of benzene rings is 2. The molecular formula is C20H16ClFN4O2S. The molecular weight excluding hydrogens is 415 g/mol. The van der Waals surface area contributed by atoms with Crippen LogP contribution in [0.4, 0.5) is 4.39 Å². The minimum atomic E-state index is -0.549. The van der Waals surface area contributed by atoms with Crippen molar-refractivity contribution in [2.24, 2.45) is 14.1 Å². The number of fused-ring (bicyclic) bond motifs is 1. The summed E-state index contributed by atoms with van der Waals surface area (Å²) in [6.07, 6.45) is 0. The summed E-state index contributed by atoms with van der Waals surface area (Å²) in [5, 5.41) is 1.18. The third-order valence-electron chi connectivity index (χ3n) is 4.63. The highest BCUT2D eigenvalue weighted by atomic mass is 35.5. The number of aryl methyl sites for hydroxylation is 2. The van der Waals surface area contributed by atoms with Gasteiger partial charge in [-0.25, -0.2) is 14.2 Å². The normalized spacial score (nSPS) is 11.3. The fraction of sp³-hybridized carbons (Fsp3) is 0.150. The van der Waals surface area contributed by atoms with Crippen molar-refractivity contribution in [3.8, 4) is 0 Å². The average Bonchev–Trinajstić information content (AvgIpc) is 3.03. The molecule has 9 heteroatoms. The molecule has 0 saturated heterocycles. The van der Waals surface area contributed by atoms with Gasteiger partial charge in [-0.1, -0.05) is 41.6 Å². The van der Waals surface area contributed by atoms with Gasteiger partial charge in [0.25, 0.3) is 5.56 Å². The molecule has 29 heavy (non-hydrogen) atoms. The van der Waals surface area contributed by atoms with Gasteiger partial charge >= 0.3 is 5.69 Å². The summed E-state index contributed by atoms with van der Waals surface area (Å²) >= 11 is 7.28. The molecule has 2 heterocycles. The zero-order chi connectivity index (χ0) is 20.7. The Morgan fingerprint density at radius 3 is 2.41 bits per heavy atom. The highest BCUT2D eigenvalue weighted by Crippen LogP contribution is 2.29. The van der Waals surface area contributed by atoms with E-state index < -0.39 is 17.1 Å². The number of imidazole rings is 1. The molecule has 0 atom stereocenters.